The van der Waals surface area contributed by atoms with Crippen LogP contribution in [0.4, 0.5) is 5.13 Å². The molecule has 2 aliphatic heterocycles. The maximum Gasteiger partial charge on any atom is 0.301 e. The van der Waals surface area contributed by atoms with E-state index in [4.69, 9.17) is 25.8 Å². The van der Waals surface area contributed by atoms with Gasteiger partial charge in [0.15, 0.2) is 16.6 Å². The minimum atomic E-state index is -0.992. The van der Waals surface area contributed by atoms with E-state index in [9.17, 15) is 14.7 Å². The van der Waals surface area contributed by atoms with Crippen LogP contribution in [-0.2, 0) is 9.59 Å². The van der Waals surface area contributed by atoms with Gasteiger partial charge in [0.2, 0.25) is 0 Å². The van der Waals surface area contributed by atoms with Crippen LogP contribution in [0.5, 0.6) is 23.0 Å². The predicted octanol–water partition coefficient (Wildman–Crippen LogP) is 7.14. The number of anilines is 1. The first kappa shape index (κ1) is 26.1. The number of benzene rings is 4. The van der Waals surface area contributed by atoms with E-state index in [2.05, 4.69) is 4.98 Å². The number of thiazole rings is 1. The summed E-state index contributed by atoms with van der Waals surface area (Å²) in [5.41, 5.74) is 1.42. The van der Waals surface area contributed by atoms with Crippen LogP contribution in [0.3, 0.4) is 0 Å². The Bertz CT molecular complexity index is 1900. The lowest BCUT2D eigenvalue weighted by Crippen LogP contribution is -2.29. The molecule has 7 rings (SSSR count). The summed E-state index contributed by atoms with van der Waals surface area (Å²) in [7, 11) is 0. The molecule has 0 unspecified atom stereocenters. The smallest absolute Gasteiger partial charge is 0.301 e. The van der Waals surface area contributed by atoms with Crippen LogP contribution in [-0.4, -0.2) is 35.0 Å². The molecule has 0 saturated carbocycles. The van der Waals surface area contributed by atoms with Gasteiger partial charge in [-0.1, -0.05) is 53.3 Å². The molecule has 0 radical (unpaired) electrons. The van der Waals surface area contributed by atoms with Crippen LogP contribution in [0, 0.1) is 0 Å². The second-order valence-electron chi connectivity index (χ2n) is 9.62. The largest absolute Gasteiger partial charge is 0.507 e. The lowest BCUT2D eigenvalue weighted by atomic mass is 9.95. The first-order chi connectivity index (χ1) is 20.5. The number of amides is 1. The summed E-state index contributed by atoms with van der Waals surface area (Å²) in [6.45, 7) is 0.773. The molecule has 1 saturated heterocycles. The van der Waals surface area contributed by atoms with Gasteiger partial charge in [-0.3, -0.25) is 14.5 Å². The Morgan fingerprint density at radius 1 is 0.905 bits per heavy atom. The maximum atomic E-state index is 13.7. The van der Waals surface area contributed by atoms with Crippen LogP contribution in [0.15, 0.2) is 96.6 Å². The number of aromatic nitrogens is 1. The molecule has 1 aromatic heterocycles. The normalized spacial score (nSPS) is 17.5. The van der Waals surface area contributed by atoms with E-state index >= 15 is 0 Å². The van der Waals surface area contributed by atoms with Gasteiger partial charge in [-0.05, 0) is 66.2 Å². The molecule has 208 valence electrons. The topological polar surface area (TPSA) is 98.2 Å². The number of hydrogen-bond donors (Lipinski definition) is 1. The lowest BCUT2D eigenvalue weighted by molar-refractivity contribution is -0.132. The van der Waals surface area contributed by atoms with Gasteiger partial charge in [0, 0.05) is 10.6 Å². The molecular formula is C32H21ClN2O6S. The van der Waals surface area contributed by atoms with E-state index in [0.29, 0.717) is 63.0 Å². The van der Waals surface area contributed by atoms with Crippen LogP contribution in [0.25, 0.3) is 16.0 Å². The van der Waals surface area contributed by atoms with Crippen molar-refractivity contribution in [3.05, 3.63) is 113 Å². The number of para-hydroxylation sites is 1. The number of ether oxygens (including phenoxy) is 3. The maximum absolute atomic E-state index is 13.7. The Morgan fingerprint density at radius 3 is 2.52 bits per heavy atom. The minimum Gasteiger partial charge on any atom is -0.507 e. The van der Waals surface area contributed by atoms with E-state index < -0.39 is 17.7 Å². The van der Waals surface area contributed by atoms with Gasteiger partial charge in [0.1, 0.15) is 30.5 Å². The van der Waals surface area contributed by atoms with Crippen molar-refractivity contribution in [3.8, 4) is 23.0 Å². The van der Waals surface area contributed by atoms with Crippen molar-refractivity contribution in [2.24, 2.45) is 0 Å². The molecule has 1 fully saturated rings. The van der Waals surface area contributed by atoms with Crippen molar-refractivity contribution in [2.45, 2.75) is 6.04 Å². The molecule has 3 heterocycles. The number of ketones is 1. The number of rotatable bonds is 5. The number of carbonyl (C=O) groups is 2. The number of Topliss-reactive ketones (excluding diaryl/α,β-unsaturated/α-hetero) is 1. The summed E-state index contributed by atoms with van der Waals surface area (Å²) in [5.74, 6) is 0.128. The summed E-state index contributed by atoms with van der Waals surface area (Å²) in [5, 5.41) is 12.4. The van der Waals surface area contributed by atoms with Crippen molar-refractivity contribution in [1.82, 2.24) is 4.98 Å². The zero-order chi connectivity index (χ0) is 28.8. The minimum absolute atomic E-state index is 0.0779. The van der Waals surface area contributed by atoms with Gasteiger partial charge in [0.05, 0.1) is 21.8 Å². The highest BCUT2D eigenvalue weighted by molar-refractivity contribution is 7.22. The molecule has 8 nitrogen and oxygen atoms in total. The molecule has 5 aromatic rings. The number of nitrogens with zero attached hydrogens (tertiary/aromatic N) is 2. The predicted molar refractivity (Wildman–Crippen MR) is 160 cm³/mol. The molecule has 1 N–H and O–H groups in total. The second-order valence-corrected chi connectivity index (χ2v) is 11.1. The van der Waals surface area contributed by atoms with Crippen LogP contribution < -0.4 is 19.1 Å². The third-order valence-corrected chi connectivity index (χ3v) is 8.21. The van der Waals surface area contributed by atoms with Gasteiger partial charge in [0.25, 0.3) is 5.78 Å². The van der Waals surface area contributed by atoms with E-state index in [1.165, 1.54) is 16.2 Å². The Labute approximate surface area is 249 Å². The average molecular weight is 597 g/mol. The van der Waals surface area contributed by atoms with Gasteiger partial charge >= 0.3 is 5.91 Å². The molecule has 42 heavy (non-hydrogen) atoms. The first-order valence-corrected chi connectivity index (χ1v) is 14.3. The fourth-order valence-electron chi connectivity index (χ4n) is 5.05. The van der Waals surface area contributed by atoms with Gasteiger partial charge < -0.3 is 19.3 Å². The van der Waals surface area contributed by atoms with Gasteiger partial charge in [-0.25, -0.2) is 4.98 Å². The van der Waals surface area contributed by atoms with E-state index in [-0.39, 0.29) is 11.3 Å². The summed E-state index contributed by atoms with van der Waals surface area (Å²) < 4.78 is 18.1. The standard InChI is InChI=1S/C32H21ClN2O6S/c33-20-10-11-23-26(17-20)42-32(34-23)35-28(18-5-4-8-22(15-18)41-21-6-2-1-3-7-21)27(30(37)31(35)38)29(36)19-9-12-24-25(16-19)40-14-13-39-24/h1-12,15-17,28,36H,13-14H2/t28-/m0/s1. The van der Waals surface area contributed by atoms with Crippen LogP contribution >= 0.6 is 22.9 Å². The zero-order valence-corrected chi connectivity index (χ0v) is 23.4. The monoisotopic (exact) mass is 596 g/mol. The number of aliphatic hydroxyl groups excluding tert-OH is 1. The van der Waals surface area contributed by atoms with Crippen molar-refractivity contribution in [3.63, 3.8) is 0 Å². The Morgan fingerprint density at radius 2 is 1.69 bits per heavy atom. The van der Waals surface area contributed by atoms with Crippen molar-refractivity contribution < 1.29 is 28.9 Å². The molecule has 2 aliphatic rings. The molecular weight excluding hydrogens is 576 g/mol. The highest BCUT2D eigenvalue weighted by Crippen LogP contribution is 2.46. The van der Waals surface area contributed by atoms with Gasteiger partial charge in [-0.15, -0.1) is 0 Å². The molecule has 0 aliphatic carbocycles. The third-order valence-electron chi connectivity index (χ3n) is 6.96. The quantitative estimate of drug-likeness (QED) is 0.131. The number of hydrogen-bond acceptors (Lipinski definition) is 8. The number of fused-ring (bicyclic) bond motifs is 2. The van der Waals surface area contributed by atoms with Crippen LogP contribution in [0.1, 0.15) is 17.2 Å². The summed E-state index contributed by atoms with van der Waals surface area (Å²) in [6.07, 6.45) is 0. The number of carbonyl (C=O) groups excluding carboxylic acids is 2. The highest BCUT2D eigenvalue weighted by atomic mass is 35.5. The molecule has 0 spiro atoms. The first-order valence-electron chi connectivity index (χ1n) is 13.1. The Hall–Kier alpha value is -4.86. The molecule has 1 atom stereocenters. The van der Waals surface area contributed by atoms with E-state index in [1.807, 2.05) is 30.3 Å². The van der Waals surface area contributed by atoms with Crippen molar-refractivity contribution in [1.29, 1.82) is 0 Å². The van der Waals surface area contributed by atoms with Crippen molar-refractivity contribution in [2.75, 3.05) is 18.1 Å². The number of aliphatic hydroxyl groups is 1. The molecule has 4 aromatic carbocycles. The molecule has 0 bridgehead atoms. The SMILES string of the molecule is O=C1C(=O)N(c2nc3ccc(Cl)cc3s2)[C@@H](c2cccc(Oc3ccccc3)c2)C1=C(O)c1ccc2c(c1)OCCO2. The summed E-state index contributed by atoms with van der Waals surface area (Å²) in [6, 6.07) is 25.5. The Kier molecular flexibility index (Phi) is 6.53. The van der Waals surface area contributed by atoms with Gasteiger partial charge in [-0.2, -0.15) is 0 Å². The van der Waals surface area contributed by atoms with Crippen molar-refractivity contribution >= 4 is 55.7 Å². The molecule has 10 heteroatoms. The van der Waals surface area contributed by atoms with Crippen LogP contribution in [0.2, 0.25) is 5.02 Å². The third kappa shape index (κ3) is 4.62. The van der Waals surface area contributed by atoms with E-state index in [0.717, 1.165) is 4.70 Å². The fourth-order valence-corrected chi connectivity index (χ4v) is 6.32. The average Bonchev–Trinajstić information content (AvgIpc) is 3.54. The second kappa shape index (κ2) is 10.5. The zero-order valence-electron chi connectivity index (χ0n) is 21.8. The molecule has 1 amide bonds. The summed E-state index contributed by atoms with van der Waals surface area (Å²) >= 11 is 7.43. The summed E-state index contributed by atoms with van der Waals surface area (Å²) in [4.78, 5) is 33.3. The fraction of sp³-hybridized carbons (Fsp3) is 0.0938. The lowest BCUT2D eigenvalue weighted by Gasteiger charge is -2.23. The highest BCUT2D eigenvalue weighted by Gasteiger charge is 2.48. The van der Waals surface area contributed by atoms with E-state index in [1.54, 1.807) is 60.7 Å². The Balaban J connectivity index is 1.39. The number of halogens is 1.